The summed E-state index contributed by atoms with van der Waals surface area (Å²) in [6.45, 7) is 2.32. The first-order chi connectivity index (χ1) is 7.34. The molecule has 1 saturated heterocycles. The lowest BCUT2D eigenvalue weighted by Crippen LogP contribution is -2.21. The molecule has 0 saturated carbocycles. The number of pyridine rings is 1. The first-order valence-electron chi connectivity index (χ1n) is 5.60. The van der Waals surface area contributed by atoms with Gasteiger partial charge in [0.2, 0.25) is 0 Å². The van der Waals surface area contributed by atoms with Crippen LogP contribution in [0.1, 0.15) is 19.3 Å². The Labute approximate surface area is 91.1 Å². The zero-order valence-corrected chi connectivity index (χ0v) is 9.22. The summed E-state index contributed by atoms with van der Waals surface area (Å²) in [5.41, 5.74) is 0. The van der Waals surface area contributed by atoms with E-state index in [1.807, 2.05) is 12.1 Å². The molecular formula is C12H18N2O. The molecule has 2 heterocycles. The summed E-state index contributed by atoms with van der Waals surface area (Å²) in [6, 6.07) is 3.89. The molecule has 3 heteroatoms. The molecule has 1 aliphatic rings. The highest BCUT2D eigenvalue weighted by Crippen LogP contribution is 2.17. The molecular weight excluding hydrogens is 188 g/mol. The summed E-state index contributed by atoms with van der Waals surface area (Å²) in [6.07, 6.45) is 7.41. The zero-order valence-electron chi connectivity index (χ0n) is 9.22. The van der Waals surface area contributed by atoms with Gasteiger partial charge in [-0.1, -0.05) is 0 Å². The third-order valence-corrected chi connectivity index (χ3v) is 2.84. The molecule has 1 fully saturated rings. The van der Waals surface area contributed by atoms with Crippen molar-refractivity contribution in [3.05, 3.63) is 24.5 Å². The van der Waals surface area contributed by atoms with Gasteiger partial charge in [-0.3, -0.25) is 4.98 Å². The lowest BCUT2D eigenvalue weighted by atomic mass is 10.1. The van der Waals surface area contributed by atoms with Crippen LogP contribution in [-0.2, 0) is 0 Å². The minimum atomic E-state index is 0.360. The topological polar surface area (TPSA) is 25.4 Å². The van der Waals surface area contributed by atoms with Gasteiger partial charge < -0.3 is 9.64 Å². The highest BCUT2D eigenvalue weighted by atomic mass is 16.5. The van der Waals surface area contributed by atoms with Gasteiger partial charge in [0.25, 0.3) is 0 Å². The highest BCUT2D eigenvalue weighted by Gasteiger charge is 2.15. The number of likely N-dealkylation sites (tertiary alicyclic amines) is 1. The summed E-state index contributed by atoms with van der Waals surface area (Å²) >= 11 is 0. The summed E-state index contributed by atoms with van der Waals surface area (Å²) in [5, 5.41) is 0. The van der Waals surface area contributed by atoms with Gasteiger partial charge >= 0.3 is 0 Å². The maximum absolute atomic E-state index is 5.89. The van der Waals surface area contributed by atoms with E-state index in [4.69, 9.17) is 4.74 Å². The monoisotopic (exact) mass is 206 g/mol. The molecule has 0 bridgehead atoms. The minimum Gasteiger partial charge on any atom is -0.489 e. The standard InChI is InChI=1S/C12H18N2O/c1-14-8-3-5-11(6-9-14)15-12-4-2-7-13-10-12/h2,4,7,10-11H,3,5-6,8-9H2,1H3. The number of hydrogen-bond acceptors (Lipinski definition) is 3. The lowest BCUT2D eigenvalue weighted by Gasteiger charge is -2.16. The molecule has 82 valence electrons. The van der Waals surface area contributed by atoms with Crippen LogP contribution >= 0.6 is 0 Å². The molecule has 3 nitrogen and oxygen atoms in total. The van der Waals surface area contributed by atoms with Gasteiger partial charge in [0.05, 0.1) is 6.20 Å². The molecule has 15 heavy (non-hydrogen) atoms. The second-order valence-corrected chi connectivity index (χ2v) is 4.16. The summed E-state index contributed by atoms with van der Waals surface area (Å²) in [7, 11) is 2.17. The van der Waals surface area contributed by atoms with Crippen molar-refractivity contribution in [3.63, 3.8) is 0 Å². The molecule has 2 rings (SSSR count). The number of aromatic nitrogens is 1. The molecule has 1 aliphatic heterocycles. The fourth-order valence-electron chi connectivity index (χ4n) is 1.94. The van der Waals surface area contributed by atoms with Crippen molar-refractivity contribution >= 4 is 0 Å². The molecule has 1 aromatic rings. The van der Waals surface area contributed by atoms with E-state index in [-0.39, 0.29) is 0 Å². The second kappa shape index (κ2) is 5.12. The van der Waals surface area contributed by atoms with Crippen LogP contribution in [0.3, 0.4) is 0 Å². The third-order valence-electron chi connectivity index (χ3n) is 2.84. The molecule has 0 N–H and O–H groups in total. The largest absolute Gasteiger partial charge is 0.489 e. The summed E-state index contributed by atoms with van der Waals surface area (Å²) in [4.78, 5) is 6.42. The van der Waals surface area contributed by atoms with Crippen molar-refractivity contribution in [2.45, 2.75) is 25.4 Å². The highest BCUT2D eigenvalue weighted by molar-refractivity contribution is 5.15. The van der Waals surface area contributed by atoms with Gasteiger partial charge in [0.15, 0.2) is 0 Å². The maximum Gasteiger partial charge on any atom is 0.137 e. The molecule has 0 radical (unpaired) electrons. The van der Waals surface area contributed by atoms with Crippen molar-refractivity contribution in [3.8, 4) is 5.75 Å². The van der Waals surface area contributed by atoms with E-state index in [1.54, 1.807) is 12.4 Å². The Morgan fingerprint density at radius 3 is 3.13 bits per heavy atom. The van der Waals surface area contributed by atoms with Gasteiger partial charge in [-0.15, -0.1) is 0 Å². The van der Waals surface area contributed by atoms with E-state index in [0.717, 1.165) is 25.1 Å². The summed E-state index contributed by atoms with van der Waals surface area (Å²) in [5.74, 6) is 0.895. The van der Waals surface area contributed by atoms with Crippen LogP contribution in [0.2, 0.25) is 0 Å². The van der Waals surface area contributed by atoms with E-state index in [0.29, 0.717) is 6.10 Å². The third kappa shape index (κ3) is 3.20. The van der Waals surface area contributed by atoms with Crippen molar-refractivity contribution in [2.75, 3.05) is 20.1 Å². The molecule has 0 aliphatic carbocycles. The minimum absolute atomic E-state index is 0.360. The Bertz CT molecular complexity index is 289. The van der Waals surface area contributed by atoms with Crippen molar-refractivity contribution < 1.29 is 4.74 Å². The normalized spacial score (nSPS) is 23.4. The van der Waals surface area contributed by atoms with E-state index in [9.17, 15) is 0 Å². The summed E-state index contributed by atoms with van der Waals surface area (Å²) < 4.78 is 5.89. The van der Waals surface area contributed by atoms with Crippen molar-refractivity contribution in [1.82, 2.24) is 9.88 Å². The van der Waals surface area contributed by atoms with Crippen LogP contribution < -0.4 is 4.74 Å². The Morgan fingerprint density at radius 1 is 1.40 bits per heavy atom. The fourth-order valence-corrected chi connectivity index (χ4v) is 1.94. The molecule has 0 spiro atoms. The van der Waals surface area contributed by atoms with Crippen LogP contribution in [-0.4, -0.2) is 36.1 Å². The van der Waals surface area contributed by atoms with Gasteiger partial charge in [-0.2, -0.15) is 0 Å². The maximum atomic E-state index is 5.89. The molecule has 1 unspecified atom stereocenters. The number of rotatable bonds is 2. The first kappa shape index (κ1) is 10.4. The van der Waals surface area contributed by atoms with Crippen LogP contribution in [0.25, 0.3) is 0 Å². The Balaban J connectivity index is 1.89. The van der Waals surface area contributed by atoms with Crippen LogP contribution in [0.5, 0.6) is 5.75 Å². The smallest absolute Gasteiger partial charge is 0.137 e. The van der Waals surface area contributed by atoms with Crippen molar-refractivity contribution in [1.29, 1.82) is 0 Å². The van der Waals surface area contributed by atoms with Crippen molar-refractivity contribution in [2.24, 2.45) is 0 Å². The SMILES string of the molecule is CN1CCCC(Oc2cccnc2)CC1. The van der Waals surface area contributed by atoms with Crippen LogP contribution in [0.15, 0.2) is 24.5 Å². The molecule has 0 aromatic carbocycles. The Kier molecular flexibility index (Phi) is 3.56. The molecule has 1 atom stereocenters. The fraction of sp³-hybridized carbons (Fsp3) is 0.583. The van der Waals surface area contributed by atoms with E-state index in [2.05, 4.69) is 16.9 Å². The van der Waals surface area contributed by atoms with Gasteiger partial charge in [-0.05, 0) is 45.0 Å². The molecule has 0 amide bonds. The van der Waals surface area contributed by atoms with E-state index < -0.39 is 0 Å². The lowest BCUT2D eigenvalue weighted by molar-refractivity contribution is 0.182. The van der Waals surface area contributed by atoms with Crippen LogP contribution in [0.4, 0.5) is 0 Å². The Hall–Kier alpha value is -1.09. The van der Waals surface area contributed by atoms with Gasteiger partial charge in [-0.25, -0.2) is 0 Å². The average Bonchev–Trinajstić information content (AvgIpc) is 2.46. The van der Waals surface area contributed by atoms with Gasteiger partial charge in [0.1, 0.15) is 11.9 Å². The number of ether oxygens (including phenoxy) is 1. The predicted octanol–water partition coefficient (Wildman–Crippen LogP) is 1.94. The van der Waals surface area contributed by atoms with Crippen LogP contribution in [0, 0.1) is 0 Å². The number of nitrogens with zero attached hydrogens (tertiary/aromatic N) is 2. The van der Waals surface area contributed by atoms with Gasteiger partial charge in [0, 0.05) is 12.7 Å². The second-order valence-electron chi connectivity index (χ2n) is 4.16. The zero-order chi connectivity index (χ0) is 10.5. The van der Waals surface area contributed by atoms with E-state index in [1.165, 1.54) is 13.0 Å². The molecule has 1 aromatic heterocycles. The first-order valence-corrected chi connectivity index (χ1v) is 5.60. The number of hydrogen-bond donors (Lipinski definition) is 0. The predicted molar refractivity (Wildman–Crippen MR) is 60.0 cm³/mol. The Morgan fingerprint density at radius 2 is 2.33 bits per heavy atom. The average molecular weight is 206 g/mol. The van der Waals surface area contributed by atoms with E-state index >= 15 is 0 Å². The quantitative estimate of drug-likeness (QED) is 0.739.